The van der Waals surface area contributed by atoms with Crippen LogP contribution in [-0.4, -0.2) is 6.67 Å². The molecule has 0 aromatic heterocycles. The Morgan fingerprint density at radius 3 is 3.00 bits per heavy atom. The second kappa shape index (κ2) is 1.88. The Morgan fingerprint density at radius 1 is 1.40 bits per heavy atom. The lowest BCUT2D eigenvalue weighted by molar-refractivity contribution is 1.10. The molecule has 0 saturated heterocycles. The van der Waals surface area contributed by atoms with Crippen LogP contribution < -0.4 is 10.4 Å². The quantitative estimate of drug-likeness (QED) is 0.584. The summed E-state index contributed by atoms with van der Waals surface area (Å²) >= 11 is 0. The van der Waals surface area contributed by atoms with Crippen molar-refractivity contribution in [2.75, 3.05) is 17.0 Å². The third-order valence-corrected chi connectivity index (χ3v) is 1.59. The third-order valence-electron chi connectivity index (χ3n) is 1.59. The molecule has 0 radical (unpaired) electrons. The zero-order valence-corrected chi connectivity index (χ0v) is 5.37. The van der Waals surface area contributed by atoms with Gasteiger partial charge in [-0.3, -0.25) is 0 Å². The Hall–Kier alpha value is -1.22. The summed E-state index contributed by atoms with van der Waals surface area (Å²) in [6.45, 7) is 0.374. The Labute approximate surface area is 58.8 Å². The van der Waals surface area contributed by atoms with Gasteiger partial charge in [0.15, 0.2) is 0 Å². The van der Waals surface area contributed by atoms with E-state index < -0.39 is 0 Å². The van der Waals surface area contributed by atoms with Crippen molar-refractivity contribution in [2.24, 2.45) is 0 Å². The summed E-state index contributed by atoms with van der Waals surface area (Å²) in [5.41, 5.74) is 1.67. The van der Waals surface area contributed by atoms with Gasteiger partial charge in [-0.1, -0.05) is 12.1 Å². The van der Waals surface area contributed by atoms with E-state index >= 15 is 0 Å². The van der Waals surface area contributed by atoms with Crippen LogP contribution in [0.4, 0.5) is 11.4 Å². The van der Waals surface area contributed by atoms with Gasteiger partial charge in [0, 0.05) is 0 Å². The maximum atomic E-state index is 10.9. The van der Waals surface area contributed by atoms with Crippen molar-refractivity contribution >= 4 is 11.4 Å². The molecule has 0 saturated carbocycles. The Morgan fingerprint density at radius 2 is 2.20 bits per heavy atom. The van der Waals surface area contributed by atoms with Gasteiger partial charge in [-0.25, -0.2) is 0 Å². The lowest BCUT2D eigenvalue weighted by atomic mass is 10.3. The van der Waals surface area contributed by atoms with Gasteiger partial charge in [0.25, 0.3) is 0 Å². The molecule has 1 aliphatic rings. The molecule has 0 unspecified atom stereocenters. The molecule has 3 heteroatoms. The molecule has 3 nitrogen and oxygen atoms in total. The Kier molecular flexibility index (Phi) is 1.05. The maximum absolute atomic E-state index is 10.9. The third kappa shape index (κ3) is 0.642. The lowest BCUT2D eigenvalue weighted by Crippen LogP contribution is -2.13. The number of benzene rings is 1. The number of rotatable bonds is 0. The van der Waals surface area contributed by atoms with Crippen molar-refractivity contribution in [3.05, 3.63) is 29.5 Å². The molecule has 1 aliphatic heterocycles. The van der Waals surface area contributed by atoms with Crippen LogP contribution >= 0.6 is 0 Å². The minimum Gasteiger partial charge on any atom is -0.757 e. The van der Waals surface area contributed by atoms with Crippen molar-refractivity contribution in [2.45, 2.75) is 0 Å². The zero-order valence-electron chi connectivity index (χ0n) is 5.37. The molecule has 2 rings (SSSR count). The first kappa shape index (κ1) is 5.56. The van der Waals surface area contributed by atoms with Gasteiger partial charge in [0.05, 0.1) is 18.0 Å². The number of para-hydroxylation sites is 2. The fraction of sp³-hybridized carbons (Fsp3) is 0.143. The Balaban J connectivity index is 2.51. The van der Waals surface area contributed by atoms with E-state index in [0.717, 1.165) is 16.4 Å². The average molecular weight is 135 g/mol. The van der Waals surface area contributed by atoms with Crippen LogP contribution in [0.15, 0.2) is 24.3 Å². The normalized spacial score (nSPS) is 14.7. The van der Waals surface area contributed by atoms with E-state index in [9.17, 15) is 5.21 Å². The largest absolute Gasteiger partial charge is 0.757 e. The second-order valence-corrected chi connectivity index (χ2v) is 2.23. The van der Waals surface area contributed by atoms with Crippen LogP contribution in [0.2, 0.25) is 0 Å². The van der Waals surface area contributed by atoms with Crippen LogP contribution in [0, 0.1) is 5.21 Å². The molecule has 0 bridgehead atoms. The molecule has 1 heterocycles. The van der Waals surface area contributed by atoms with Gasteiger partial charge >= 0.3 is 0 Å². The van der Waals surface area contributed by atoms with Crippen LogP contribution in [-0.2, 0) is 0 Å². The van der Waals surface area contributed by atoms with E-state index in [0.29, 0.717) is 6.67 Å². The standard InChI is InChI=1S/C7H7N2O/c10-9-5-8-6-3-1-2-4-7(6)9/h1-4,8H,5H2/q-1. The van der Waals surface area contributed by atoms with Crippen molar-refractivity contribution < 1.29 is 0 Å². The number of hydrogen-bond acceptors (Lipinski definition) is 3. The first-order valence-electron chi connectivity index (χ1n) is 3.15. The lowest BCUT2D eigenvalue weighted by Gasteiger charge is -2.22. The molecule has 0 amide bonds. The highest BCUT2D eigenvalue weighted by atomic mass is 16.5. The molecule has 0 fully saturated rings. The minimum atomic E-state index is 0.374. The number of nitrogens with one attached hydrogen (secondary N) is 1. The van der Waals surface area contributed by atoms with Gasteiger partial charge in [-0.15, -0.1) is 0 Å². The van der Waals surface area contributed by atoms with Gasteiger partial charge in [-0.05, 0) is 12.1 Å². The molecule has 0 atom stereocenters. The number of hydrogen-bond donors (Lipinski definition) is 1. The highest BCUT2D eigenvalue weighted by molar-refractivity contribution is 5.74. The highest BCUT2D eigenvalue weighted by Gasteiger charge is 2.08. The van der Waals surface area contributed by atoms with Gasteiger partial charge < -0.3 is 15.6 Å². The monoisotopic (exact) mass is 135 g/mol. The summed E-state index contributed by atoms with van der Waals surface area (Å²) in [4.78, 5) is 0. The zero-order chi connectivity index (χ0) is 6.97. The highest BCUT2D eigenvalue weighted by Crippen LogP contribution is 2.28. The molecule has 1 N–H and O–H groups in total. The summed E-state index contributed by atoms with van der Waals surface area (Å²) in [6, 6.07) is 7.47. The second-order valence-electron chi connectivity index (χ2n) is 2.23. The van der Waals surface area contributed by atoms with E-state index in [1.54, 1.807) is 0 Å². The van der Waals surface area contributed by atoms with Crippen molar-refractivity contribution in [1.82, 2.24) is 0 Å². The fourth-order valence-corrected chi connectivity index (χ4v) is 1.08. The van der Waals surface area contributed by atoms with Crippen LogP contribution in [0.5, 0.6) is 0 Å². The van der Waals surface area contributed by atoms with E-state index in [1.807, 2.05) is 24.3 Å². The maximum Gasteiger partial charge on any atom is 0.0773 e. The van der Waals surface area contributed by atoms with E-state index in [-0.39, 0.29) is 0 Å². The predicted octanol–water partition coefficient (Wildman–Crippen LogP) is 1.37. The topological polar surface area (TPSA) is 38.3 Å². The smallest absolute Gasteiger partial charge is 0.0773 e. The van der Waals surface area contributed by atoms with E-state index in [2.05, 4.69) is 5.32 Å². The van der Waals surface area contributed by atoms with E-state index in [4.69, 9.17) is 0 Å². The molecule has 10 heavy (non-hydrogen) atoms. The van der Waals surface area contributed by atoms with Gasteiger partial charge in [-0.2, -0.15) is 0 Å². The summed E-state index contributed by atoms with van der Waals surface area (Å²) in [5, 5.41) is 14.8. The molecule has 1 aromatic rings. The SMILES string of the molecule is [O-]N1CNc2ccccc21. The number of fused-ring (bicyclic) bond motifs is 1. The van der Waals surface area contributed by atoms with Crippen molar-refractivity contribution in [3.63, 3.8) is 0 Å². The van der Waals surface area contributed by atoms with Crippen LogP contribution in [0.1, 0.15) is 0 Å². The first-order valence-corrected chi connectivity index (χ1v) is 3.15. The number of hydroxylamine groups is 1. The number of anilines is 2. The van der Waals surface area contributed by atoms with Crippen LogP contribution in [0.25, 0.3) is 0 Å². The molecule has 0 aliphatic carbocycles. The predicted molar refractivity (Wildman–Crippen MR) is 40.8 cm³/mol. The summed E-state index contributed by atoms with van der Waals surface area (Å²) < 4.78 is 0. The van der Waals surface area contributed by atoms with Crippen LogP contribution in [0.3, 0.4) is 0 Å². The summed E-state index contributed by atoms with van der Waals surface area (Å²) in [7, 11) is 0. The van der Waals surface area contributed by atoms with Gasteiger partial charge in [0.2, 0.25) is 0 Å². The molecular weight excluding hydrogens is 128 g/mol. The average Bonchev–Trinajstić information content (AvgIpc) is 2.34. The molecular formula is C7H7N2O-. The van der Waals surface area contributed by atoms with Crippen molar-refractivity contribution in [1.29, 1.82) is 0 Å². The fourth-order valence-electron chi connectivity index (χ4n) is 1.08. The van der Waals surface area contributed by atoms with Gasteiger partial charge in [0.1, 0.15) is 0 Å². The summed E-state index contributed by atoms with van der Waals surface area (Å²) in [6.07, 6.45) is 0. The number of nitrogens with zero attached hydrogens (tertiary/aromatic N) is 1. The Bertz CT molecular complexity index is 249. The molecule has 52 valence electrons. The van der Waals surface area contributed by atoms with E-state index in [1.165, 1.54) is 0 Å². The first-order chi connectivity index (χ1) is 4.88. The summed E-state index contributed by atoms with van der Waals surface area (Å²) in [5.74, 6) is 0. The minimum absolute atomic E-state index is 0.374. The molecule has 1 aromatic carbocycles. The molecule has 0 spiro atoms. The van der Waals surface area contributed by atoms with Crippen molar-refractivity contribution in [3.8, 4) is 0 Å².